The molecule has 2 aromatic carbocycles. The van der Waals surface area contributed by atoms with Crippen LogP contribution in [-0.4, -0.2) is 16.0 Å². The summed E-state index contributed by atoms with van der Waals surface area (Å²) in [5, 5.41) is 2.60. The molecule has 0 saturated heterocycles. The van der Waals surface area contributed by atoms with E-state index in [1.165, 1.54) is 12.1 Å². The monoisotopic (exact) mass is 385 g/mol. The number of hydrogen-bond donors (Lipinski definition) is 3. The number of aromatic nitrogens is 2. The molecule has 0 spiro atoms. The smallest absolute Gasteiger partial charge is 0.333 e. The van der Waals surface area contributed by atoms with Crippen molar-refractivity contribution >= 4 is 11.8 Å². The van der Waals surface area contributed by atoms with Crippen LogP contribution in [0.15, 0.2) is 61.1 Å². The van der Waals surface area contributed by atoms with E-state index in [1.54, 1.807) is 37.3 Å². The van der Waals surface area contributed by atoms with Gasteiger partial charge in [0.2, 0.25) is 0 Å². The Morgan fingerprint density at radius 3 is 2.61 bits per heavy atom. The molecular formula is C19H17F2N5O2. The van der Waals surface area contributed by atoms with Gasteiger partial charge < -0.3 is 10.1 Å². The van der Waals surface area contributed by atoms with Gasteiger partial charge in [-0.1, -0.05) is 24.3 Å². The Bertz CT molecular complexity index is 956. The molecule has 0 aliphatic rings. The number of carbonyl (C=O) groups is 1. The molecule has 0 radical (unpaired) electrons. The van der Waals surface area contributed by atoms with E-state index in [-0.39, 0.29) is 11.6 Å². The highest BCUT2D eigenvalue weighted by molar-refractivity contribution is 5.75. The lowest BCUT2D eigenvalue weighted by Gasteiger charge is -2.16. The van der Waals surface area contributed by atoms with Crippen LogP contribution in [-0.2, 0) is 0 Å². The van der Waals surface area contributed by atoms with E-state index >= 15 is 0 Å². The van der Waals surface area contributed by atoms with Crippen molar-refractivity contribution in [1.82, 2.24) is 20.7 Å². The van der Waals surface area contributed by atoms with Crippen molar-refractivity contribution in [3.05, 3.63) is 78.3 Å². The molecule has 1 unspecified atom stereocenters. The normalized spacial score (nSPS) is 11.4. The first-order chi connectivity index (χ1) is 13.5. The van der Waals surface area contributed by atoms with Crippen LogP contribution in [0.3, 0.4) is 0 Å². The molecule has 7 nitrogen and oxygen atoms in total. The number of nitrogens with one attached hydrogen (secondary N) is 3. The molecule has 0 aliphatic heterocycles. The summed E-state index contributed by atoms with van der Waals surface area (Å²) in [6.07, 6.45) is 2.09. The van der Waals surface area contributed by atoms with Crippen LogP contribution in [0, 0.1) is 11.6 Å². The first-order valence-corrected chi connectivity index (χ1v) is 8.33. The quantitative estimate of drug-likeness (QED) is 0.560. The molecule has 3 N–H and O–H groups in total. The van der Waals surface area contributed by atoms with Gasteiger partial charge in [-0.25, -0.2) is 23.5 Å². The van der Waals surface area contributed by atoms with Gasteiger partial charge >= 0.3 is 6.03 Å². The second-order valence-corrected chi connectivity index (χ2v) is 5.77. The van der Waals surface area contributed by atoms with Crippen LogP contribution < -0.4 is 20.9 Å². The standard InChI is InChI=1S/C19H17F2N5O2/c1-12(24-19(27)26-25-18-16(21)10-22-11-23-18)13-7-8-17(15(20)9-13)28-14-5-3-2-4-6-14/h2-12H,1H3,(H,22,23,25)(H2,24,26,27). The zero-order valence-corrected chi connectivity index (χ0v) is 14.8. The Balaban J connectivity index is 1.58. The highest BCUT2D eigenvalue weighted by Gasteiger charge is 2.13. The molecule has 3 rings (SSSR count). The van der Waals surface area contributed by atoms with E-state index in [0.29, 0.717) is 11.3 Å². The summed E-state index contributed by atoms with van der Waals surface area (Å²) >= 11 is 0. The van der Waals surface area contributed by atoms with Gasteiger partial charge in [-0.3, -0.25) is 10.9 Å². The third kappa shape index (κ3) is 4.91. The fraction of sp³-hybridized carbons (Fsp3) is 0.105. The Kier molecular flexibility index (Phi) is 5.95. The number of carbonyl (C=O) groups excluding carboxylic acids is 1. The fourth-order valence-electron chi connectivity index (χ4n) is 2.32. The first kappa shape index (κ1) is 19.0. The molecule has 1 aromatic heterocycles. The third-order valence-corrected chi connectivity index (χ3v) is 3.74. The summed E-state index contributed by atoms with van der Waals surface area (Å²) in [5.74, 6) is -0.856. The van der Waals surface area contributed by atoms with E-state index in [4.69, 9.17) is 4.74 Å². The lowest BCUT2D eigenvalue weighted by Crippen LogP contribution is -2.40. The predicted octanol–water partition coefficient (Wildman–Crippen LogP) is 3.93. The van der Waals surface area contributed by atoms with E-state index in [1.807, 2.05) is 6.07 Å². The van der Waals surface area contributed by atoms with Gasteiger partial charge in [0.15, 0.2) is 23.2 Å². The number of rotatable bonds is 6. The van der Waals surface area contributed by atoms with Crippen LogP contribution in [0.25, 0.3) is 0 Å². The minimum Gasteiger partial charge on any atom is -0.454 e. The Morgan fingerprint density at radius 1 is 1.11 bits per heavy atom. The van der Waals surface area contributed by atoms with E-state index in [9.17, 15) is 13.6 Å². The van der Waals surface area contributed by atoms with E-state index in [0.717, 1.165) is 12.5 Å². The number of nitrogens with zero attached hydrogens (tertiary/aromatic N) is 2. The molecular weight excluding hydrogens is 368 g/mol. The zero-order chi connectivity index (χ0) is 19.9. The maximum atomic E-state index is 14.3. The number of halogens is 2. The highest BCUT2D eigenvalue weighted by Crippen LogP contribution is 2.26. The second kappa shape index (κ2) is 8.76. The highest BCUT2D eigenvalue weighted by atomic mass is 19.1. The number of urea groups is 1. The Hall–Kier alpha value is -3.75. The van der Waals surface area contributed by atoms with E-state index < -0.39 is 23.7 Å². The second-order valence-electron chi connectivity index (χ2n) is 5.77. The summed E-state index contributed by atoms with van der Waals surface area (Å²) in [4.78, 5) is 19.1. The molecule has 28 heavy (non-hydrogen) atoms. The summed E-state index contributed by atoms with van der Waals surface area (Å²) in [6.45, 7) is 1.68. The van der Waals surface area contributed by atoms with Crippen molar-refractivity contribution in [2.45, 2.75) is 13.0 Å². The average Bonchev–Trinajstić information content (AvgIpc) is 2.69. The molecule has 0 bridgehead atoms. The maximum Gasteiger partial charge on any atom is 0.333 e. The Morgan fingerprint density at radius 2 is 1.89 bits per heavy atom. The van der Waals surface area contributed by atoms with Gasteiger partial charge in [0.1, 0.15) is 12.1 Å². The van der Waals surface area contributed by atoms with Crippen LogP contribution in [0.2, 0.25) is 0 Å². The van der Waals surface area contributed by atoms with Crippen molar-refractivity contribution in [2.24, 2.45) is 0 Å². The molecule has 1 atom stereocenters. The van der Waals surface area contributed by atoms with Gasteiger partial charge in [0, 0.05) is 0 Å². The van der Waals surface area contributed by atoms with Gasteiger partial charge in [0.25, 0.3) is 0 Å². The average molecular weight is 385 g/mol. The molecule has 3 aromatic rings. The summed E-state index contributed by atoms with van der Waals surface area (Å²) in [6, 6.07) is 12.1. The lowest BCUT2D eigenvalue weighted by molar-refractivity contribution is 0.239. The van der Waals surface area contributed by atoms with Crippen LogP contribution >= 0.6 is 0 Å². The van der Waals surface area contributed by atoms with E-state index in [2.05, 4.69) is 26.1 Å². The first-order valence-electron chi connectivity index (χ1n) is 8.33. The van der Waals surface area contributed by atoms with Crippen molar-refractivity contribution < 1.29 is 18.3 Å². The minimum atomic E-state index is -0.716. The molecule has 0 aliphatic carbocycles. The number of hydrazine groups is 1. The lowest BCUT2D eigenvalue weighted by atomic mass is 10.1. The van der Waals surface area contributed by atoms with Crippen molar-refractivity contribution in [1.29, 1.82) is 0 Å². The van der Waals surface area contributed by atoms with Crippen molar-refractivity contribution in [3.8, 4) is 11.5 Å². The fourth-order valence-corrected chi connectivity index (χ4v) is 2.32. The van der Waals surface area contributed by atoms with Crippen molar-refractivity contribution in [2.75, 3.05) is 5.43 Å². The molecule has 9 heteroatoms. The number of hydrogen-bond acceptors (Lipinski definition) is 5. The molecule has 1 heterocycles. The number of benzene rings is 2. The molecule has 0 fully saturated rings. The molecule has 2 amide bonds. The van der Waals surface area contributed by atoms with Crippen LogP contribution in [0.4, 0.5) is 19.4 Å². The van der Waals surface area contributed by atoms with Gasteiger partial charge in [-0.2, -0.15) is 0 Å². The molecule has 0 saturated carbocycles. The topological polar surface area (TPSA) is 88.2 Å². The summed E-state index contributed by atoms with van der Waals surface area (Å²) < 4.78 is 33.2. The van der Waals surface area contributed by atoms with Crippen LogP contribution in [0.1, 0.15) is 18.5 Å². The number of ether oxygens (including phenoxy) is 1. The van der Waals surface area contributed by atoms with Gasteiger partial charge in [0.05, 0.1) is 12.2 Å². The number of para-hydroxylation sites is 1. The number of amides is 2. The van der Waals surface area contributed by atoms with Crippen LogP contribution in [0.5, 0.6) is 11.5 Å². The van der Waals surface area contributed by atoms with Gasteiger partial charge in [-0.15, -0.1) is 0 Å². The minimum absolute atomic E-state index is 0.0764. The Labute approximate surface area is 159 Å². The maximum absolute atomic E-state index is 14.3. The largest absolute Gasteiger partial charge is 0.454 e. The van der Waals surface area contributed by atoms with Crippen molar-refractivity contribution in [3.63, 3.8) is 0 Å². The summed E-state index contributed by atoms with van der Waals surface area (Å²) in [5.41, 5.74) is 5.11. The SMILES string of the molecule is CC(NC(=O)NNc1ncncc1F)c1ccc(Oc2ccccc2)c(F)c1. The molecule has 144 valence electrons. The predicted molar refractivity (Wildman–Crippen MR) is 98.6 cm³/mol. The third-order valence-electron chi connectivity index (χ3n) is 3.74. The summed E-state index contributed by atoms with van der Waals surface area (Å²) in [7, 11) is 0. The zero-order valence-electron chi connectivity index (χ0n) is 14.8. The van der Waals surface area contributed by atoms with Gasteiger partial charge in [-0.05, 0) is 36.8 Å². The number of anilines is 1.